The molecule has 2 aromatic heterocycles. The van der Waals surface area contributed by atoms with E-state index in [2.05, 4.69) is 26.3 Å². The summed E-state index contributed by atoms with van der Waals surface area (Å²) in [5.74, 6) is 0.964. The molecule has 0 aliphatic rings. The van der Waals surface area contributed by atoms with Crippen molar-refractivity contribution in [1.82, 2.24) is 20.3 Å². The fraction of sp³-hybridized carbons (Fsp3) is 0.222. The van der Waals surface area contributed by atoms with Gasteiger partial charge in [0.2, 0.25) is 0 Å². The minimum atomic E-state index is 0.770. The second kappa shape index (κ2) is 3.91. The van der Waals surface area contributed by atoms with Crippen molar-refractivity contribution < 1.29 is 0 Å². The van der Waals surface area contributed by atoms with Crippen LogP contribution >= 0.6 is 0 Å². The smallest absolute Gasteiger partial charge is 0.120 e. The normalized spacial score (nSPS) is 10.5. The first-order chi connectivity index (χ1) is 6.45. The fourth-order valence-corrected chi connectivity index (χ4v) is 1.19. The van der Waals surface area contributed by atoms with E-state index in [9.17, 15) is 0 Å². The van der Waals surface area contributed by atoms with Gasteiger partial charge < -0.3 is 15.3 Å². The highest BCUT2D eigenvalue weighted by Gasteiger charge is 1.94. The molecule has 0 fully saturated rings. The molecule has 4 heteroatoms. The van der Waals surface area contributed by atoms with E-state index in [1.807, 2.05) is 18.5 Å². The van der Waals surface area contributed by atoms with E-state index in [0.717, 1.165) is 18.9 Å². The summed E-state index contributed by atoms with van der Waals surface area (Å²) < 4.78 is 0. The average molecular weight is 176 g/mol. The number of aromatic nitrogens is 3. The third-order valence-electron chi connectivity index (χ3n) is 1.83. The largest absolute Gasteiger partial charge is 0.364 e. The van der Waals surface area contributed by atoms with Crippen LogP contribution in [0, 0.1) is 0 Å². The molecule has 0 aliphatic carbocycles. The van der Waals surface area contributed by atoms with Gasteiger partial charge in [0, 0.05) is 30.8 Å². The summed E-state index contributed by atoms with van der Waals surface area (Å²) in [6.45, 7) is 1.61. The van der Waals surface area contributed by atoms with E-state index >= 15 is 0 Å². The van der Waals surface area contributed by atoms with Crippen molar-refractivity contribution >= 4 is 0 Å². The maximum Gasteiger partial charge on any atom is 0.120 e. The number of hydrogen-bond acceptors (Lipinski definition) is 2. The summed E-state index contributed by atoms with van der Waals surface area (Å²) in [4.78, 5) is 10.3. The van der Waals surface area contributed by atoms with E-state index in [0.29, 0.717) is 0 Å². The molecule has 2 rings (SSSR count). The lowest BCUT2D eigenvalue weighted by molar-refractivity contribution is 0.660. The predicted molar refractivity (Wildman–Crippen MR) is 49.9 cm³/mol. The Balaban J connectivity index is 1.76. The summed E-state index contributed by atoms with van der Waals surface area (Å²) in [6.07, 6.45) is 5.50. The Bertz CT molecular complexity index is 288. The summed E-state index contributed by atoms with van der Waals surface area (Å²) in [7, 11) is 0. The SMILES string of the molecule is c1c[nH]c(CNCc2ncc[nH]2)c1. The van der Waals surface area contributed by atoms with Gasteiger partial charge in [0.25, 0.3) is 0 Å². The monoisotopic (exact) mass is 176 g/mol. The van der Waals surface area contributed by atoms with Crippen molar-refractivity contribution in [3.05, 3.63) is 42.2 Å². The maximum atomic E-state index is 4.11. The Kier molecular flexibility index (Phi) is 2.43. The lowest BCUT2D eigenvalue weighted by Crippen LogP contribution is -2.13. The number of aromatic amines is 2. The standard InChI is InChI=1S/C9H12N4/c1-2-8(11-3-1)6-10-7-9-12-4-5-13-9/h1-5,10-11H,6-7H2,(H,12,13). The number of nitrogens with one attached hydrogen (secondary N) is 3. The van der Waals surface area contributed by atoms with Crippen LogP contribution in [0.2, 0.25) is 0 Å². The minimum absolute atomic E-state index is 0.770. The summed E-state index contributed by atoms with van der Waals surface area (Å²) >= 11 is 0. The van der Waals surface area contributed by atoms with Crippen LogP contribution in [0.15, 0.2) is 30.7 Å². The molecule has 0 amide bonds. The Hall–Kier alpha value is -1.55. The first-order valence-electron chi connectivity index (χ1n) is 4.26. The Morgan fingerprint density at radius 1 is 1.23 bits per heavy atom. The van der Waals surface area contributed by atoms with Crippen molar-refractivity contribution in [2.45, 2.75) is 13.1 Å². The highest BCUT2D eigenvalue weighted by atomic mass is 15.0. The molecule has 3 N–H and O–H groups in total. The molecule has 0 radical (unpaired) electrons. The van der Waals surface area contributed by atoms with Crippen molar-refractivity contribution in [3.8, 4) is 0 Å². The van der Waals surface area contributed by atoms with Crippen LogP contribution < -0.4 is 5.32 Å². The third kappa shape index (κ3) is 2.19. The zero-order valence-corrected chi connectivity index (χ0v) is 7.25. The third-order valence-corrected chi connectivity index (χ3v) is 1.83. The second-order valence-electron chi connectivity index (χ2n) is 2.83. The lowest BCUT2D eigenvalue weighted by atomic mass is 10.4. The van der Waals surface area contributed by atoms with E-state index < -0.39 is 0 Å². The predicted octanol–water partition coefficient (Wildman–Crippen LogP) is 1.03. The maximum absolute atomic E-state index is 4.11. The topological polar surface area (TPSA) is 56.5 Å². The van der Waals surface area contributed by atoms with Crippen LogP contribution in [-0.2, 0) is 13.1 Å². The van der Waals surface area contributed by atoms with Gasteiger partial charge in [-0.1, -0.05) is 0 Å². The van der Waals surface area contributed by atoms with Crippen LogP contribution in [0.1, 0.15) is 11.5 Å². The molecule has 0 spiro atoms. The van der Waals surface area contributed by atoms with E-state index in [1.54, 1.807) is 6.20 Å². The van der Waals surface area contributed by atoms with Gasteiger partial charge in [-0.15, -0.1) is 0 Å². The van der Waals surface area contributed by atoms with Crippen molar-refractivity contribution in [3.63, 3.8) is 0 Å². The molecule has 0 bridgehead atoms. The van der Waals surface area contributed by atoms with Crippen molar-refractivity contribution in [2.24, 2.45) is 0 Å². The lowest BCUT2D eigenvalue weighted by Gasteiger charge is -1.99. The van der Waals surface area contributed by atoms with Gasteiger partial charge in [0.15, 0.2) is 0 Å². The van der Waals surface area contributed by atoms with Gasteiger partial charge in [-0.25, -0.2) is 4.98 Å². The Labute approximate surface area is 76.4 Å². The quantitative estimate of drug-likeness (QED) is 0.651. The van der Waals surface area contributed by atoms with Crippen LogP contribution in [-0.4, -0.2) is 15.0 Å². The molecule has 0 aliphatic heterocycles. The molecule has 4 nitrogen and oxygen atoms in total. The summed E-state index contributed by atoms with van der Waals surface area (Å²) in [5.41, 5.74) is 1.19. The Morgan fingerprint density at radius 3 is 2.92 bits per heavy atom. The van der Waals surface area contributed by atoms with Crippen LogP contribution in [0.3, 0.4) is 0 Å². The molecule has 2 heterocycles. The van der Waals surface area contributed by atoms with Crippen molar-refractivity contribution in [2.75, 3.05) is 0 Å². The average Bonchev–Trinajstić information content (AvgIpc) is 2.75. The van der Waals surface area contributed by atoms with E-state index in [-0.39, 0.29) is 0 Å². The molecule has 0 unspecified atom stereocenters. The molecule has 13 heavy (non-hydrogen) atoms. The molecule has 68 valence electrons. The van der Waals surface area contributed by atoms with E-state index in [1.165, 1.54) is 5.69 Å². The number of rotatable bonds is 4. The van der Waals surface area contributed by atoms with Gasteiger partial charge in [0.05, 0.1) is 6.54 Å². The molecule has 0 saturated carbocycles. The molecule has 0 atom stereocenters. The zero-order chi connectivity index (χ0) is 8.93. The molecule has 0 aromatic carbocycles. The number of hydrogen-bond donors (Lipinski definition) is 3. The highest BCUT2D eigenvalue weighted by molar-refractivity contribution is 5.03. The van der Waals surface area contributed by atoms with Gasteiger partial charge in [-0.3, -0.25) is 0 Å². The molecular weight excluding hydrogens is 164 g/mol. The van der Waals surface area contributed by atoms with Gasteiger partial charge in [-0.05, 0) is 12.1 Å². The van der Waals surface area contributed by atoms with E-state index in [4.69, 9.17) is 0 Å². The highest BCUT2D eigenvalue weighted by Crippen LogP contribution is 1.94. The first kappa shape index (κ1) is 8.07. The second-order valence-corrected chi connectivity index (χ2v) is 2.83. The Morgan fingerprint density at radius 2 is 2.23 bits per heavy atom. The number of nitrogens with zero attached hydrogens (tertiary/aromatic N) is 1. The summed E-state index contributed by atoms with van der Waals surface area (Å²) in [6, 6.07) is 4.04. The zero-order valence-electron chi connectivity index (χ0n) is 7.25. The molecule has 0 saturated heterocycles. The number of H-pyrrole nitrogens is 2. The van der Waals surface area contributed by atoms with Gasteiger partial charge in [-0.2, -0.15) is 0 Å². The fourth-order valence-electron chi connectivity index (χ4n) is 1.19. The molecular formula is C9H12N4. The van der Waals surface area contributed by atoms with Crippen LogP contribution in [0.5, 0.6) is 0 Å². The summed E-state index contributed by atoms with van der Waals surface area (Å²) in [5, 5.41) is 3.27. The van der Waals surface area contributed by atoms with Gasteiger partial charge in [0.1, 0.15) is 5.82 Å². The first-order valence-corrected chi connectivity index (χ1v) is 4.26. The van der Waals surface area contributed by atoms with Crippen LogP contribution in [0.25, 0.3) is 0 Å². The van der Waals surface area contributed by atoms with Crippen LogP contribution in [0.4, 0.5) is 0 Å². The van der Waals surface area contributed by atoms with Crippen molar-refractivity contribution in [1.29, 1.82) is 0 Å². The molecule has 2 aromatic rings. The minimum Gasteiger partial charge on any atom is -0.364 e. The number of imidazole rings is 1. The van der Waals surface area contributed by atoms with Gasteiger partial charge >= 0.3 is 0 Å².